The van der Waals surface area contributed by atoms with Crippen molar-refractivity contribution in [3.8, 4) is 0 Å². The lowest BCUT2D eigenvalue weighted by atomic mass is 9.91. The van der Waals surface area contributed by atoms with E-state index in [2.05, 4.69) is 43.4 Å². The molecule has 1 saturated carbocycles. The number of benzene rings is 2. The molecule has 2 aromatic rings. The zero-order valence-corrected chi connectivity index (χ0v) is 20.9. The maximum atomic E-state index is 12.8. The van der Waals surface area contributed by atoms with E-state index in [9.17, 15) is 14.7 Å². The van der Waals surface area contributed by atoms with Gasteiger partial charge in [0.1, 0.15) is 12.2 Å². The molecule has 1 aliphatic carbocycles. The summed E-state index contributed by atoms with van der Waals surface area (Å²) in [5.41, 5.74) is 0.926. The van der Waals surface area contributed by atoms with Crippen LogP contribution in [0.25, 0.3) is 0 Å². The number of esters is 2. The minimum atomic E-state index is -0.542. The predicted molar refractivity (Wildman–Crippen MR) is 142 cm³/mol. The molecule has 0 aromatic heterocycles. The highest BCUT2D eigenvalue weighted by atomic mass is 16.6. The summed E-state index contributed by atoms with van der Waals surface area (Å²) in [6.07, 6.45) is 15.4. The van der Waals surface area contributed by atoms with E-state index in [1.54, 1.807) is 48.5 Å². The third-order valence-corrected chi connectivity index (χ3v) is 6.40. The Kier molecular flexibility index (Phi) is 11.2. The normalized spacial score (nSPS) is 21.9. The van der Waals surface area contributed by atoms with Gasteiger partial charge in [-0.15, -0.1) is 0 Å². The van der Waals surface area contributed by atoms with Crippen molar-refractivity contribution in [3.63, 3.8) is 0 Å². The average Bonchev–Trinajstić information content (AvgIpc) is 3.23. The van der Waals surface area contributed by atoms with Gasteiger partial charge >= 0.3 is 11.9 Å². The predicted octanol–water partition coefficient (Wildman–Crippen LogP) is 6.31. The van der Waals surface area contributed by atoms with E-state index in [1.165, 1.54) is 0 Å². The monoisotopic (exact) mass is 488 g/mol. The van der Waals surface area contributed by atoms with Crippen LogP contribution in [0.3, 0.4) is 0 Å². The molecule has 1 N–H and O–H groups in total. The second kappa shape index (κ2) is 14.8. The van der Waals surface area contributed by atoms with Crippen LogP contribution in [0.1, 0.15) is 59.7 Å². The summed E-state index contributed by atoms with van der Waals surface area (Å²) in [5.74, 6) is -1.34. The van der Waals surface area contributed by atoms with Gasteiger partial charge in [0.05, 0.1) is 11.1 Å². The van der Waals surface area contributed by atoms with Gasteiger partial charge in [0.15, 0.2) is 0 Å². The summed E-state index contributed by atoms with van der Waals surface area (Å²) in [4.78, 5) is 25.5. The first-order valence-corrected chi connectivity index (χ1v) is 12.7. The fourth-order valence-electron chi connectivity index (χ4n) is 4.50. The van der Waals surface area contributed by atoms with Gasteiger partial charge in [-0.1, -0.05) is 79.8 Å². The van der Waals surface area contributed by atoms with Crippen LogP contribution in [0.15, 0.2) is 97.1 Å². The lowest BCUT2D eigenvalue weighted by Crippen LogP contribution is -2.29. The van der Waals surface area contributed by atoms with Crippen molar-refractivity contribution in [2.75, 3.05) is 6.61 Å². The molecule has 0 radical (unpaired) electrons. The quantitative estimate of drug-likeness (QED) is 0.280. The smallest absolute Gasteiger partial charge is 0.338 e. The molecule has 0 unspecified atom stereocenters. The number of ether oxygens (including phenoxy) is 2. The Hall–Kier alpha value is -3.44. The van der Waals surface area contributed by atoms with Crippen molar-refractivity contribution >= 4 is 11.9 Å². The number of hydrogen-bond donors (Lipinski definition) is 1. The second-order valence-corrected chi connectivity index (χ2v) is 8.90. The molecule has 0 amide bonds. The minimum absolute atomic E-state index is 0.158. The number of aliphatic hydroxyl groups excluding tert-OH is 1. The molecule has 190 valence electrons. The van der Waals surface area contributed by atoms with Crippen molar-refractivity contribution < 1.29 is 24.2 Å². The molecule has 36 heavy (non-hydrogen) atoms. The van der Waals surface area contributed by atoms with Gasteiger partial charge in [0.2, 0.25) is 0 Å². The van der Waals surface area contributed by atoms with Crippen molar-refractivity contribution in [3.05, 3.63) is 108 Å². The standard InChI is InChI=1S/C31H36O5/c1-2-3-4-5-6-7-8-9-16-21-26-27(23-32)29(36-31(34)25-19-14-11-15-20-25)22-28(26)35-30(33)24-17-12-10-13-18-24/h3-4,6-7,9-20,26-29,32H,2,5,8,21-23H2,1H3/b4-3-,7-6-,16-9-/t26-,27+,28-,29+/m1/s1. The van der Waals surface area contributed by atoms with Gasteiger partial charge in [-0.05, 0) is 49.9 Å². The van der Waals surface area contributed by atoms with Crippen LogP contribution < -0.4 is 0 Å². The lowest BCUT2D eigenvalue weighted by Gasteiger charge is -2.24. The molecule has 1 fully saturated rings. The Balaban J connectivity index is 1.68. The number of allylic oxidation sites excluding steroid dienone is 6. The zero-order valence-electron chi connectivity index (χ0n) is 20.9. The van der Waals surface area contributed by atoms with Crippen molar-refractivity contribution in [1.29, 1.82) is 0 Å². The fourth-order valence-corrected chi connectivity index (χ4v) is 4.50. The molecule has 0 saturated heterocycles. The molecule has 0 bridgehead atoms. The zero-order chi connectivity index (χ0) is 25.6. The summed E-state index contributed by atoms with van der Waals surface area (Å²) in [6.45, 7) is 1.96. The second-order valence-electron chi connectivity index (χ2n) is 8.90. The van der Waals surface area contributed by atoms with Gasteiger partial charge in [0, 0.05) is 24.9 Å². The maximum Gasteiger partial charge on any atom is 0.338 e. The number of aliphatic hydroxyl groups is 1. The first-order chi connectivity index (χ1) is 17.6. The maximum absolute atomic E-state index is 12.8. The van der Waals surface area contributed by atoms with E-state index in [4.69, 9.17) is 9.47 Å². The molecule has 5 nitrogen and oxygen atoms in total. The molecule has 2 aromatic carbocycles. The SMILES string of the molecule is CC/C=C\C/C=C\C/C=C\C[C@@H]1[C@H](CO)[C@@H](OC(=O)c2ccccc2)C[C@H]1OC(=O)c1ccccc1. The van der Waals surface area contributed by atoms with Crippen molar-refractivity contribution in [2.45, 2.75) is 51.2 Å². The molecular weight excluding hydrogens is 452 g/mol. The minimum Gasteiger partial charge on any atom is -0.458 e. The topological polar surface area (TPSA) is 72.8 Å². The van der Waals surface area contributed by atoms with Crippen LogP contribution in [0.4, 0.5) is 0 Å². The van der Waals surface area contributed by atoms with Gasteiger partial charge < -0.3 is 14.6 Å². The first kappa shape index (κ1) is 27.2. The number of carbonyl (C=O) groups excluding carboxylic acids is 2. The number of rotatable bonds is 12. The van der Waals surface area contributed by atoms with Crippen molar-refractivity contribution in [1.82, 2.24) is 0 Å². The summed E-state index contributed by atoms with van der Waals surface area (Å²) < 4.78 is 11.7. The highest BCUT2D eigenvalue weighted by Gasteiger charge is 2.46. The molecule has 3 rings (SSSR count). The Morgan fingerprint density at radius 2 is 1.22 bits per heavy atom. The Morgan fingerprint density at radius 3 is 1.72 bits per heavy atom. The molecule has 4 atom stereocenters. The van der Waals surface area contributed by atoms with Crippen LogP contribution in [0, 0.1) is 11.8 Å². The molecule has 0 spiro atoms. The Bertz CT molecular complexity index is 1030. The van der Waals surface area contributed by atoms with Crippen molar-refractivity contribution in [2.24, 2.45) is 11.8 Å². The molecular formula is C31H36O5. The summed E-state index contributed by atoms with van der Waals surface area (Å²) in [7, 11) is 0. The molecule has 0 aliphatic heterocycles. The summed E-state index contributed by atoms with van der Waals surface area (Å²) in [5, 5.41) is 10.2. The Morgan fingerprint density at radius 1 is 0.750 bits per heavy atom. The van der Waals surface area contributed by atoms with Crippen LogP contribution >= 0.6 is 0 Å². The number of carbonyl (C=O) groups is 2. The van der Waals surface area contributed by atoms with E-state index < -0.39 is 24.1 Å². The first-order valence-electron chi connectivity index (χ1n) is 12.7. The average molecular weight is 489 g/mol. The Labute approximate surface area is 214 Å². The van der Waals surface area contributed by atoms with Crippen LogP contribution in [-0.4, -0.2) is 35.9 Å². The van der Waals surface area contributed by atoms with E-state index in [-0.39, 0.29) is 18.4 Å². The van der Waals surface area contributed by atoms with E-state index in [0.29, 0.717) is 24.0 Å². The van der Waals surface area contributed by atoms with E-state index in [1.807, 2.05) is 12.1 Å². The van der Waals surface area contributed by atoms with Crippen LogP contribution in [0.5, 0.6) is 0 Å². The van der Waals surface area contributed by atoms with Crippen LogP contribution in [-0.2, 0) is 9.47 Å². The summed E-state index contributed by atoms with van der Waals surface area (Å²) >= 11 is 0. The third-order valence-electron chi connectivity index (χ3n) is 6.40. The highest BCUT2D eigenvalue weighted by molar-refractivity contribution is 5.90. The largest absolute Gasteiger partial charge is 0.458 e. The van der Waals surface area contributed by atoms with Gasteiger partial charge in [-0.2, -0.15) is 0 Å². The number of hydrogen-bond acceptors (Lipinski definition) is 5. The molecule has 0 heterocycles. The highest BCUT2D eigenvalue weighted by Crippen LogP contribution is 2.39. The molecule has 5 heteroatoms. The third kappa shape index (κ3) is 8.06. The summed E-state index contributed by atoms with van der Waals surface area (Å²) in [6, 6.07) is 17.6. The van der Waals surface area contributed by atoms with Gasteiger partial charge in [-0.25, -0.2) is 9.59 Å². The fraction of sp³-hybridized carbons (Fsp3) is 0.355. The van der Waals surface area contributed by atoms with Crippen LogP contribution in [0.2, 0.25) is 0 Å². The molecule has 1 aliphatic rings. The van der Waals surface area contributed by atoms with E-state index >= 15 is 0 Å². The van der Waals surface area contributed by atoms with Gasteiger partial charge in [0.25, 0.3) is 0 Å². The van der Waals surface area contributed by atoms with Gasteiger partial charge in [-0.3, -0.25) is 0 Å². The lowest BCUT2D eigenvalue weighted by molar-refractivity contribution is 0.00769. The van der Waals surface area contributed by atoms with E-state index in [0.717, 1.165) is 19.3 Å².